The molecule has 1 aliphatic heterocycles. The van der Waals surface area contributed by atoms with Crippen LogP contribution in [-0.2, 0) is 0 Å². The first-order valence-electron chi connectivity index (χ1n) is 6.76. The molecule has 0 aliphatic carbocycles. The average molecular weight is 301 g/mol. The third-order valence-corrected chi connectivity index (χ3v) is 3.84. The zero-order valence-corrected chi connectivity index (χ0v) is 12.2. The van der Waals surface area contributed by atoms with Crippen molar-refractivity contribution in [3.05, 3.63) is 40.9 Å². The lowest BCUT2D eigenvalue weighted by molar-refractivity contribution is 0.172. The van der Waals surface area contributed by atoms with Crippen LogP contribution in [-0.4, -0.2) is 23.2 Å². The van der Waals surface area contributed by atoms with Crippen LogP contribution in [0.4, 0.5) is 0 Å². The Hall–Kier alpha value is -2.20. The highest BCUT2D eigenvalue weighted by molar-refractivity contribution is 6.30. The number of imidazole rings is 1. The highest BCUT2D eigenvalue weighted by Crippen LogP contribution is 2.35. The molecule has 0 saturated carbocycles. The highest BCUT2D eigenvalue weighted by atomic mass is 35.5. The maximum Gasteiger partial charge on any atom is 0.163 e. The van der Waals surface area contributed by atoms with Crippen LogP contribution in [0, 0.1) is 6.92 Å². The fraction of sp³-hybridized carbons (Fsp3) is 0.188. The number of rotatable bonds is 1. The molecule has 106 valence electrons. The lowest BCUT2D eigenvalue weighted by atomic mass is 10.1. The van der Waals surface area contributed by atoms with Gasteiger partial charge in [-0.15, -0.1) is 0 Å². The summed E-state index contributed by atoms with van der Waals surface area (Å²) < 4.78 is 11.2. The molecule has 4 rings (SSSR count). The minimum absolute atomic E-state index is 0.573. The van der Waals surface area contributed by atoms with Gasteiger partial charge in [-0.3, -0.25) is 0 Å². The number of hydrogen-bond donors (Lipinski definition) is 1. The maximum atomic E-state index is 6.09. The Bertz CT molecular complexity index is 799. The van der Waals surface area contributed by atoms with Crippen molar-refractivity contribution in [3.63, 3.8) is 0 Å². The maximum absolute atomic E-state index is 6.09. The molecular weight excluding hydrogens is 288 g/mol. The summed E-state index contributed by atoms with van der Waals surface area (Å²) >= 11 is 6.09. The Balaban J connectivity index is 1.88. The number of ether oxygens (including phenoxy) is 2. The van der Waals surface area contributed by atoms with Gasteiger partial charge in [0.2, 0.25) is 0 Å². The zero-order chi connectivity index (χ0) is 14.4. The standard InChI is InChI=1S/C16H13ClN2O2/c1-9-2-3-10(17)6-11(9)16-18-12-7-14-15(8-13(12)19-16)21-5-4-20-14/h2-3,6-8H,4-5H2,1H3,(H,18,19). The molecule has 0 amide bonds. The monoisotopic (exact) mass is 300 g/mol. The molecule has 0 radical (unpaired) electrons. The molecule has 1 N–H and O–H groups in total. The number of halogens is 1. The van der Waals surface area contributed by atoms with E-state index >= 15 is 0 Å². The van der Waals surface area contributed by atoms with E-state index in [4.69, 9.17) is 21.1 Å². The molecular formula is C16H13ClN2O2. The summed E-state index contributed by atoms with van der Waals surface area (Å²) in [7, 11) is 0. The van der Waals surface area contributed by atoms with Gasteiger partial charge in [-0.05, 0) is 24.6 Å². The number of benzene rings is 2. The third-order valence-electron chi connectivity index (χ3n) is 3.60. The fourth-order valence-corrected chi connectivity index (χ4v) is 2.70. The number of H-pyrrole nitrogens is 1. The summed E-state index contributed by atoms with van der Waals surface area (Å²) in [6.07, 6.45) is 0. The number of nitrogens with one attached hydrogen (secondary N) is 1. The van der Waals surface area contributed by atoms with Gasteiger partial charge in [0.15, 0.2) is 11.5 Å². The summed E-state index contributed by atoms with van der Waals surface area (Å²) in [6, 6.07) is 9.62. The van der Waals surface area contributed by atoms with Crippen molar-refractivity contribution in [3.8, 4) is 22.9 Å². The normalized spacial score (nSPS) is 13.6. The van der Waals surface area contributed by atoms with Gasteiger partial charge in [0.25, 0.3) is 0 Å². The van der Waals surface area contributed by atoms with Crippen LogP contribution in [0.2, 0.25) is 5.02 Å². The number of aromatic amines is 1. The topological polar surface area (TPSA) is 47.1 Å². The number of nitrogens with zero attached hydrogens (tertiary/aromatic N) is 1. The Labute approximate surface area is 126 Å². The predicted octanol–water partition coefficient (Wildman–Crippen LogP) is 3.96. The van der Waals surface area contributed by atoms with E-state index in [1.807, 2.05) is 37.3 Å². The van der Waals surface area contributed by atoms with E-state index in [2.05, 4.69) is 9.97 Å². The second-order valence-corrected chi connectivity index (χ2v) is 5.49. The van der Waals surface area contributed by atoms with E-state index in [-0.39, 0.29) is 0 Å². The Kier molecular flexibility index (Phi) is 2.79. The van der Waals surface area contributed by atoms with Crippen molar-refractivity contribution in [2.75, 3.05) is 13.2 Å². The molecule has 1 aromatic heterocycles. The summed E-state index contributed by atoms with van der Waals surface area (Å²) in [6.45, 7) is 3.19. The average Bonchev–Trinajstić information content (AvgIpc) is 2.89. The Morgan fingerprint density at radius 2 is 1.86 bits per heavy atom. The van der Waals surface area contributed by atoms with Gasteiger partial charge in [-0.1, -0.05) is 17.7 Å². The molecule has 4 nitrogen and oxygen atoms in total. The van der Waals surface area contributed by atoms with Crippen LogP contribution in [0.1, 0.15) is 5.56 Å². The van der Waals surface area contributed by atoms with Crippen molar-refractivity contribution in [1.29, 1.82) is 0 Å². The van der Waals surface area contributed by atoms with Crippen molar-refractivity contribution in [2.45, 2.75) is 6.92 Å². The smallest absolute Gasteiger partial charge is 0.163 e. The second-order valence-electron chi connectivity index (χ2n) is 5.06. The molecule has 2 heterocycles. The Morgan fingerprint density at radius 1 is 1.10 bits per heavy atom. The first-order chi connectivity index (χ1) is 10.2. The summed E-state index contributed by atoms with van der Waals surface area (Å²) in [4.78, 5) is 7.97. The largest absolute Gasteiger partial charge is 0.486 e. The molecule has 2 aromatic carbocycles. The van der Waals surface area contributed by atoms with E-state index in [0.717, 1.165) is 39.5 Å². The van der Waals surface area contributed by atoms with E-state index in [0.29, 0.717) is 18.2 Å². The second kappa shape index (κ2) is 4.67. The van der Waals surface area contributed by atoms with E-state index in [1.54, 1.807) is 0 Å². The molecule has 0 atom stereocenters. The van der Waals surface area contributed by atoms with Crippen molar-refractivity contribution >= 4 is 22.6 Å². The van der Waals surface area contributed by atoms with Gasteiger partial charge in [0.1, 0.15) is 19.0 Å². The lowest BCUT2D eigenvalue weighted by Gasteiger charge is -2.17. The summed E-state index contributed by atoms with van der Waals surface area (Å²) in [5, 5.41) is 0.696. The fourth-order valence-electron chi connectivity index (χ4n) is 2.52. The van der Waals surface area contributed by atoms with Crippen LogP contribution in [0.15, 0.2) is 30.3 Å². The zero-order valence-electron chi connectivity index (χ0n) is 11.4. The molecule has 5 heteroatoms. The lowest BCUT2D eigenvalue weighted by Crippen LogP contribution is -2.15. The van der Waals surface area contributed by atoms with E-state index in [1.165, 1.54) is 0 Å². The summed E-state index contributed by atoms with van der Waals surface area (Å²) in [5.74, 6) is 2.30. The minimum atomic E-state index is 0.573. The van der Waals surface area contributed by atoms with Gasteiger partial charge < -0.3 is 14.5 Å². The molecule has 0 saturated heterocycles. The number of aromatic nitrogens is 2. The molecule has 1 aliphatic rings. The summed E-state index contributed by atoms with van der Waals surface area (Å²) in [5.41, 5.74) is 3.90. The van der Waals surface area contributed by atoms with Crippen LogP contribution in [0.3, 0.4) is 0 Å². The molecule has 0 bridgehead atoms. The van der Waals surface area contributed by atoms with Gasteiger partial charge in [0, 0.05) is 22.7 Å². The van der Waals surface area contributed by atoms with E-state index in [9.17, 15) is 0 Å². The first kappa shape index (κ1) is 12.5. The van der Waals surface area contributed by atoms with Crippen LogP contribution in [0.5, 0.6) is 11.5 Å². The molecule has 0 unspecified atom stereocenters. The predicted molar refractivity (Wildman–Crippen MR) is 82.3 cm³/mol. The van der Waals surface area contributed by atoms with Gasteiger partial charge in [-0.2, -0.15) is 0 Å². The Morgan fingerprint density at radius 3 is 2.67 bits per heavy atom. The van der Waals surface area contributed by atoms with Crippen LogP contribution in [0.25, 0.3) is 22.4 Å². The van der Waals surface area contributed by atoms with Gasteiger partial charge in [0.05, 0.1) is 11.0 Å². The van der Waals surface area contributed by atoms with Crippen molar-refractivity contribution in [2.24, 2.45) is 0 Å². The third kappa shape index (κ3) is 2.12. The molecule has 21 heavy (non-hydrogen) atoms. The minimum Gasteiger partial charge on any atom is -0.486 e. The number of fused-ring (bicyclic) bond motifs is 2. The number of aryl methyl sites for hydroxylation is 1. The van der Waals surface area contributed by atoms with Crippen molar-refractivity contribution in [1.82, 2.24) is 9.97 Å². The van der Waals surface area contributed by atoms with Crippen LogP contribution >= 0.6 is 11.6 Å². The van der Waals surface area contributed by atoms with Crippen molar-refractivity contribution < 1.29 is 9.47 Å². The van der Waals surface area contributed by atoms with Gasteiger partial charge in [-0.25, -0.2) is 4.98 Å². The van der Waals surface area contributed by atoms with E-state index < -0.39 is 0 Å². The van der Waals surface area contributed by atoms with Gasteiger partial charge >= 0.3 is 0 Å². The van der Waals surface area contributed by atoms with Crippen LogP contribution < -0.4 is 9.47 Å². The molecule has 0 spiro atoms. The molecule has 3 aromatic rings. The SMILES string of the molecule is Cc1ccc(Cl)cc1-c1nc2cc3c(cc2[nH]1)OCCO3. The first-order valence-corrected chi connectivity index (χ1v) is 7.14. The number of hydrogen-bond acceptors (Lipinski definition) is 3. The molecule has 0 fully saturated rings. The quantitative estimate of drug-likeness (QED) is 0.740. The highest BCUT2D eigenvalue weighted by Gasteiger charge is 2.16.